The highest BCUT2D eigenvalue weighted by atomic mass is 35.5. The van der Waals surface area contributed by atoms with Crippen LogP contribution in [0.1, 0.15) is 36.1 Å². The fraction of sp³-hybridized carbons (Fsp3) is 0.474. The summed E-state index contributed by atoms with van der Waals surface area (Å²) >= 11 is 5.72. The van der Waals surface area contributed by atoms with Gasteiger partial charge in [0, 0.05) is 37.4 Å². The van der Waals surface area contributed by atoms with Crippen molar-refractivity contribution in [3.05, 3.63) is 52.4 Å². The largest absolute Gasteiger partial charge is 0.392 e. The lowest BCUT2D eigenvalue weighted by Crippen LogP contribution is -2.49. The zero-order chi connectivity index (χ0) is 17.4. The van der Waals surface area contributed by atoms with E-state index in [9.17, 15) is 9.90 Å². The van der Waals surface area contributed by atoms with Gasteiger partial charge in [0.1, 0.15) is 5.76 Å². The highest BCUT2D eigenvalue weighted by Crippen LogP contribution is 2.46. The van der Waals surface area contributed by atoms with Crippen LogP contribution in [-0.2, 0) is 23.1 Å². The molecule has 0 unspecified atom stereocenters. The second kappa shape index (κ2) is 6.46. The van der Waals surface area contributed by atoms with Crippen LogP contribution < -0.4 is 0 Å². The molecule has 0 saturated carbocycles. The van der Waals surface area contributed by atoms with Crippen molar-refractivity contribution in [1.82, 2.24) is 10.1 Å². The molecule has 2 aliphatic rings. The molecule has 1 spiro atoms. The SMILES string of the molecule is O=C(CCc1cc(Cl)no1)N1CCC2(CC1)c1ccccc1C[C@H]2O. The number of carbonyl (C=O) groups excluding carboxylic acids is 1. The van der Waals surface area contributed by atoms with Gasteiger partial charge in [0.05, 0.1) is 6.10 Å². The van der Waals surface area contributed by atoms with Gasteiger partial charge in [-0.3, -0.25) is 4.79 Å². The number of carbonyl (C=O) groups is 1. The van der Waals surface area contributed by atoms with Crippen molar-refractivity contribution in [3.8, 4) is 0 Å². The molecule has 1 aromatic carbocycles. The average molecular weight is 361 g/mol. The number of nitrogens with zero attached hydrogens (tertiary/aromatic N) is 2. The number of aryl methyl sites for hydroxylation is 1. The minimum absolute atomic E-state index is 0.114. The fourth-order valence-corrected chi connectivity index (χ4v) is 4.47. The molecule has 1 saturated heterocycles. The standard InChI is InChI=1S/C19H21ClN2O3/c20-17-12-14(25-21-17)5-6-18(24)22-9-7-19(8-10-22)15-4-2-1-3-13(15)11-16(19)23/h1-4,12,16,23H,5-11H2/t16-/m1/s1. The number of aliphatic hydroxyl groups excluding tert-OH is 1. The fourth-order valence-electron chi connectivity index (χ4n) is 4.32. The van der Waals surface area contributed by atoms with Gasteiger partial charge >= 0.3 is 0 Å². The number of amides is 1. The molecule has 1 fully saturated rings. The van der Waals surface area contributed by atoms with E-state index >= 15 is 0 Å². The monoisotopic (exact) mass is 360 g/mol. The number of aromatic nitrogens is 1. The van der Waals surface area contributed by atoms with Crippen LogP contribution in [0, 0.1) is 0 Å². The van der Waals surface area contributed by atoms with Crippen LogP contribution in [0.2, 0.25) is 5.15 Å². The van der Waals surface area contributed by atoms with Gasteiger partial charge in [0.15, 0.2) is 5.15 Å². The molecule has 1 aliphatic carbocycles. The number of fused-ring (bicyclic) bond motifs is 2. The van der Waals surface area contributed by atoms with Crippen LogP contribution >= 0.6 is 11.6 Å². The van der Waals surface area contributed by atoms with E-state index in [4.69, 9.17) is 16.1 Å². The van der Waals surface area contributed by atoms with Crippen molar-refractivity contribution in [1.29, 1.82) is 0 Å². The second-order valence-electron chi connectivity index (χ2n) is 7.03. The number of benzene rings is 1. The number of hydrogen-bond acceptors (Lipinski definition) is 4. The van der Waals surface area contributed by atoms with Crippen LogP contribution in [0.5, 0.6) is 0 Å². The molecule has 25 heavy (non-hydrogen) atoms. The predicted molar refractivity (Wildman–Crippen MR) is 93.5 cm³/mol. The normalized spacial score (nSPS) is 21.5. The number of likely N-dealkylation sites (tertiary alicyclic amines) is 1. The molecule has 1 N–H and O–H groups in total. The topological polar surface area (TPSA) is 66.6 Å². The molecular formula is C19H21ClN2O3. The van der Waals surface area contributed by atoms with Gasteiger partial charge in [-0.05, 0) is 30.4 Å². The molecule has 1 aromatic heterocycles. The van der Waals surface area contributed by atoms with Crippen molar-refractivity contribution < 1.29 is 14.4 Å². The summed E-state index contributed by atoms with van der Waals surface area (Å²) in [6, 6.07) is 9.95. The molecule has 2 aromatic rings. The van der Waals surface area contributed by atoms with E-state index in [2.05, 4.69) is 17.3 Å². The van der Waals surface area contributed by atoms with Gasteiger partial charge in [-0.15, -0.1) is 0 Å². The first-order valence-corrected chi connectivity index (χ1v) is 9.12. The zero-order valence-electron chi connectivity index (χ0n) is 13.9. The molecule has 6 heteroatoms. The van der Waals surface area contributed by atoms with Gasteiger partial charge < -0.3 is 14.5 Å². The maximum Gasteiger partial charge on any atom is 0.223 e. The van der Waals surface area contributed by atoms with E-state index in [0.717, 1.165) is 19.3 Å². The first kappa shape index (κ1) is 16.6. The maximum absolute atomic E-state index is 12.5. The lowest BCUT2D eigenvalue weighted by atomic mass is 9.72. The predicted octanol–water partition coefficient (Wildman–Crippen LogP) is 2.74. The lowest BCUT2D eigenvalue weighted by molar-refractivity contribution is -0.133. The quantitative estimate of drug-likeness (QED) is 0.914. The molecule has 2 heterocycles. The van der Waals surface area contributed by atoms with E-state index in [0.29, 0.717) is 36.8 Å². The Hall–Kier alpha value is -1.85. The van der Waals surface area contributed by atoms with Gasteiger partial charge in [-0.25, -0.2) is 0 Å². The highest BCUT2D eigenvalue weighted by molar-refractivity contribution is 6.29. The number of piperidine rings is 1. The summed E-state index contributed by atoms with van der Waals surface area (Å²) < 4.78 is 5.05. The summed E-state index contributed by atoms with van der Waals surface area (Å²) in [4.78, 5) is 14.4. The van der Waals surface area contributed by atoms with E-state index in [1.54, 1.807) is 6.07 Å². The van der Waals surface area contributed by atoms with Crippen molar-refractivity contribution in [2.45, 2.75) is 43.6 Å². The van der Waals surface area contributed by atoms with Crippen molar-refractivity contribution in [2.75, 3.05) is 13.1 Å². The number of rotatable bonds is 3. The Morgan fingerprint density at radius 1 is 1.36 bits per heavy atom. The van der Waals surface area contributed by atoms with Gasteiger partial charge in [0.2, 0.25) is 5.91 Å². The van der Waals surface area contributed by atoms with Crippen molar-refractivity contribution in [3.63, 3.8) is 0 Å². The van der Waals surface area contributed by atoms with Gasteiger partial charge in [-0.2, -0.15) is 0 Å². The average Bonchev–Trinajstić information content (AvgIpc) is 3.16. The number of hydrogen-bond donors (Lipinski definition) is 1. The second-order valence-corrected chi connectivity index (χ2v) is 7.42. The number of halogens is 1. The molecule has 0 radical (unpaired) electrons. The molecule has 5 nitrogen and oxygen atoms in total. The Balaban J connectivity index is 1.39. The molecule has 1 atom stereocenters. The Kier molecular flexibility index (Phi) is 4.29. The zero-order valence-corrected chi connectivity index (χ0v) is 14.7. The maximum atomic E-state index is 12.5. The molecule has 1 aliphatic heterocycles. The van der Waals surface area contributed by atoms with Crippen LogP contribution in [0.15, 0.2) is 34.9 Å². The first-order valence-electron chi connectivity index (χ1n) is 8.74. The summed E-state index contributed by atoms with van der Waals surface area (Å²) in [5.41, 5.74) is 2.33. The van der Waals surface area contributed by atoms with Crippen LogP contribution in [0.3, 0.4) is 0 Å². The van der Waals surface area contributed by atoms with E-state index in [-0.39, 0.29) is 17.4 Å². The Morgan fingerprint density at radius 3 is 2.84 bits per heavy atom. The van der Waals surface area contributed by atoms with Gasteiger partial charge in [-0.1, -0.05) is 41.0 Å². The lowest BCUT2D eigenvalue weighted by Gasteiger charge is -2.42. The molecule has 132 valence electrons. The third-order valence-electron chi connectivity index (χ3n) is 5.73. The first-order chi connectivity index (χ1) is 12.1. The summed E-state index contributed by atoms with van der Waals surface area (Å²) in [6.45, 7) is 1.36. The highest BCUT2D eigenvalue weighted by Gasteiger charge is 2.47. The minimum atomic E-state index is -0.349. The third kappa shape index (κ3) is 2.96. The van der Waals surface area contributed by atoms with E-state index in [1.165, 1.54) is 11.1 Å². The molecule has 1 amide bonds. The number of aliphatic hydroxyl groups is 1. The smallest absolute Gasteiger partial charge is 0.223 e. The van der Waals surface area contributed by atoms with E-state index < -0.39 is 0 Å². The molecule has 0 bridgehead atoms. The van der Waals surface area contributed by atoms with Crippen LogP contribution in [0.25, 0.3) is 0 Å². The van der Waals surface area contributed by atoms with Crippen molar-refractivity contribution >= 4 is 17.5 Å². The Bertz CT molecular complexity index is 780. The third-order valence-corrected chi connectivity index (χ3v) is 5.91. The molecule has 4 rings (SSSR count). The van der Waals surface area contributed by atoms with Crippen LogP contribution in [0.4, 0.5) is 0 Å². The summed E-state index contributed by atoms with van der Waals surface area (Å²) in [5.74, 6) is 0.745. The summed E-state index contributed by atoms with van der Waals surface area (Å²) in [7, 11) is 0. The Labute approximate surface area is 151 Å². The van der Waals surface area contributed by atoms with Crippen LogP contribution in [-0.4, -0.2) is 40.3 Å². The minimum Gasteiger partial charge on any atom is -0.392 e. The Morgan fingerprint density at radius 2 is 2.12 bits per heavy atom. The summed E-state index contributed by atoms with van der Waals surface area (Å²) in [6.07, 6.45) is 2.88. The molecular weight excluding hydrogens is 340 g/mol. The summed E-state index contributed by atoms with van der Waals surface area (Å²) in [5, 5.41) is 14.6. The van der Waals surface area contributed by atoms with Crippen molar-refractivity contribution in [2.24, 2.45) is 0 Å². The van der Waals surface area contributed by atoms with E-state index in [1.807, 2.05) is 17.0 Å². The van der Waals surface area contributed by atoms with Gasteiger partial charge in [0.25, 0.3) is 0 Å².